The van der Waals surface area contributed by atoms with Crippen molar-refractivity contribution in [3.05, 3.63) is 5.82 Å². The molecule has 1 aromatic rings. The van der Waals surface area contributed by atoms with Gasteiger partial charge in [-0.05, 0) is 18.8 Å². The number of esters is 1. The number of hydrogen-bond acceptors (Lipinski definition) is 6. The van der Waals surface area contributed by atoms with Gasteiger partial charge in [-0.1, -0.05) is 20.3 Å². The molecule has 2 aliphatic rings. The van der Waals surface area contributed by atoms with Gasteiger partial charge < -0.3 is 9.64 Å². The molecule has 2 fully saturated rings. The average Bonchev–Trinajstić information content (AvgIpc) is 3.09. The number of nitrogens with zero attached hydrogens (tertiary/aromatic N) is 3. The summed E-state index contributed by atoms with van der Waals surface area (Å²) >= 11 is 1.44. The van der Waals surface area contributed by atoms with E-state index in [2.05, 4.69) is 28.1 Å². The second-order valence-electron chi connectivity index (χ2n) is 6.21. The highest BCUT2D eigenvalue weighted by Gasteiger charge is 2.55. The molecule has 1 aromatic heterocycles. The Balaban J connectivity index is 1.82. The minimum atomic E-state index is -0.307. The molecular formula is C14H21N3O2S. The fourth-order valence-corrected chi connectivity index (χ4v) is 4.38. The molecule has 0 bridgehead atoms. The fraction of sp³-hybridized carbons (Fsp3) is 0.786. The smallest absolute Gasteiger partial charge is 0.313 e. The first-order chi connectivity index (χ1) is 9.56. The van der Waals surface area contributed by atoms with Gasteiger partial charge in [-0.25, -0.2) is 4.98 Å². The number of aromatic nitrogens is 2. The monoisotopic (exact) mass is 295 g/mol. The SMILES string of the molecule is COC(=O)C12CCCC1CN(c1nc(C(C)C)ns1)C2. The van der Waals surface area contributed by atoms with Crippen molar-refractivity contribution in [2.45, 2.75) is 39.0 Å². The number of anilines is 1. The molecule has 20 heavy (non-hydrogen) atoms. The molecule has 1 saturated carbocycles. The van der Waals surface area contributed by atoms with Gasteiger partial charge in [0.25, 0.3) is 0 Å². The molecule has 1 aliphatic carbocycles. The van der Waals surface area contributed by atoms with Crippen molar-refractivity contribution in [3.63, 3.8) is 0 Å². The summed E-state index contributed by atoms with van der Waals surface area (Å²) in [7, 11) is 1.50. The maximum absolute atomic E-state index is 12.2. The highest BCUT2D eigenvalue weighted by Crippen LogP contribution is 2.50. The van der Waals surface area contributed by atoms with Crippen LogP contribution in [0.5, 0.6) is 0 Å². The standard InChI is InChI=1S/C14H21N3O2S/c1-9(2)11-15-13(20-16-11)17-7-10-5-4-6-14(10,8-17)12(18)19-3/h9-10H,4-8H2,1-3H3. The van der Waals surface area contributed by atoms with E-state index in [0.717, 1.165) is 43.3 Å². The lowest BCUT2D eigenvalue weighted by atomic mass is 9.81. The Morgan fingerprint density at radius 3 is 3.00 bits per heavy atom. The van der Waals surface area contributed by atoms with Gasteiger partial charge in [-0.15, -0.1) is 0 Å². The largest absolute Gasteiger partial charge is 0.469 e. The van der Waals surface area contributed by atoms with Crippen molar-refractivity contribution in [1.29, 1.82) is 0 Å². The molecule has 3 rings (SSSR count). The highest BCUT2D eigenvalue weighted by atomic mass is 32.1. The van der Waals surface area contributed by atoms with E-state index < -0.39 is 0 Å². The van der Waals surface area contributed by atoms with Crippen LogP contribution < -0.4 is 4.90 Å². The summed E-state index contributed by atoms with van der Waals surface area (Å²) in [5, 5.41) is 0.950. The second kappa shape index (κ2) is 4.98. The maximum Gasteiger partial charge on any atom is 0.313 e. The molecule has 0 aromatic carbocycles. The summed E-state index contributed by atoms with van der Waals surface area (Å²) in [6.45, 7) is 5.83. The van der Waals surface area contributed by atoms with Crippen LogP contribution in [0, 0.1) is 11.3 Å². The molecule has 5 nitrogen and oxygen atoms in total. The van der Waals surface area contributed by atoms with E-state index >= 15 is 0 Å². The van der Waals surface area contributed by atoms with Gasteiger partial charge in [0, 0.05) is 30.5 Å². The molecule has 2 unspecified atom stereocenters. The minimum Gasteiger partial charge on any atom is -0.469 e. The lowest BCUT2D eigenvalue weighted by Gasteiger charge is -2.25. The Morgan fingerprint density at radius 1 is 1.55 bits per heavy atom. The first-order valence-corrected chi connectivity index (χ1v) is 8.01. The summed E-state index contributed by atoms with van der Waals surface area (Å²) in [5.41, 5.74) is -0.307. The number of hydrogen-bond donors (Lipinski definition) is 0. The number of carbonyl (C=O) groups is 1. The lowest BCUT2D eigenvalue weighted by molar-refractivity contribution is -0.152. The van der Waals surface area contributed by atoms with Gasteiger partial charge in [0.05, 0.1) is 12.5 Å². The average molecular weight is 295 g/mol. The van der Waals surface area contributed by atoms with Gasteiger partial charge in [0.2, 0.25) is 5.13 Å². The highest BCUT2D eigenvalue weighted by molar-refractivity contribution is 7.09. The van der Waals surface area contributed by atoms with Crippen LogP contribution in [0.1, 0.15) is 44.9 Å². The fourth-order valence-electron chi connectivity index (χ4n) is 3.56. The summed E-state index contributed by atoms with van der Waals surface area (Å²) in [6.07, 6.45) is 3.18. The van der Waals surface area contributed by atoms with Crippen molar-refractivity contribution in [1.82, 2.24) is 9.36 Å². The molecule has 0 spiro atoms. The van der Waals surface area contributed by atoms with Gasteiger partial charge >= 0.3 is 5.97 Å². The Kier molecular flexibility index (Phi) is 3.44. The van der Waals surface area contributed by atoms with Crippen molar-refractivity contribution < 1.29 is 9.53 Å². The second-order valence-corrected chi connectivity index (χ2v) is 6.94. The molecule has 2 atom stereocenters. The summed E-state index contributed by atoms with van der Waals surface area (Å²) in [5.74, 6) is 1.60. The number of fused-ring (bicyclic) bond motifs is 1. The predicted molar refractivity (Wildman–Crippen MR) is 78.0 cm³/mol. The van der Waals surface area contributed by atoms with Crippen LogP contribution in [-0.2, 0) is 9.53 Å². The Morgan fingerprint density at radius 2 is 2.35 bits per heavy atom. The zero-order chi connectivity index (χ0) is 14.3. The molecule has 0 radical (unpaired) electrons. The van der Waals surface area contributed by atoms with E-state index in [1.54, 1.807) is 0 Å². The zero-order valence-electron chi connectivity index (χ0n) is 12.3. The quantitative estimate of drug-likeness (QED) is 0.802. The van der Waals surface area contributed by atoms with Crippen molar-refractivity contribution >= 4 is 22.6 Å². The van der Waals surface area contributed by atoms with Crippen LogP contribution in [0.15, 0.2) is 0 Å². The van der Waals surface area contributed by atoms with E-state index in [9.17, 15) is 4.79 Å². The normalized spacial score (nSPS) is 29.0. The van der Waals surface area contributed by atoms with Crippen molar-refractivity contribution in [3.8, 4) is 0 Å². The summed E-state index contributed by atoms with van der Waals surface area (Å²) in [6, 6.07) is 0. The van der Waals surface area contributed by atoms with E-state index in [4.69, 9.17) is 4.74 Å². The summed E-state index contributed by atoms with van der Waals surface area (Å²) in [4.78, 5) is 19.1. The molecule has 0 amide bonds. The van der Waals surface area contributed by atoms with Crippen LogP contribution in [0.3, 0.4) is 0 Å². The number of ether oxygens (including phenoxy) is 1. The lowest BCUT2D eigenvalue weighted by Crippen LogP contribution is -2.36. The molecule has 0 N–H and O–H groups in total. The van der Waals surface area contributed by atoms with E-state index in [1.807, 2.05) is 0 Å². The molecular weight excluding hydrogens is 274 g/mol. The first kappa shape index (κ1) is 13.8. The predicted octanol–water partition coefficient (Wildman–Crippen LogP) is 2.44. The minimum absolute atomic E-state index is 0.0453. The third-order valence-electron chi connectivity index (χ3n) is 4.68. The van der Waals surface area contributed by atoms with Crippen LogP contribution in [0.2, 0.25) is 0 Å². The third kappa shape index (κ3) is 2.01. The van der Waals surface area contributed by atoms with Gasteiger partial charge in [0.1, 0.15) is 5.82 Å². The van der Waals surface area contributed by atoms with E-state index in [-0.39, 0.29) is 11.4 Å². The van der Waals surface area contributed by atoms with Crippen molar-refractivity contribution in [2.24, 2.45) is 11.3 Å². The number of carbonyl (C=O) groups excluding carboxylic acids is 1. The molecule has 1 aliphatic heterocycles. The Hall–Kier alpha value is -1.17. The zero-order valence-corrected chi connectivity index (χ0v) is 13.1. The van der Waals surface area contributed by atoms with Crippen molar-refractivity contribution in [2.75, 3.05) is 25.1 Å². The van der Waals surface area contributed by atoms with Crippen LogP contribution in [0.4, 0.5) is 5.13 Å². The summed E-state index contributed by atoms with van der Waals surface area (Å²) < 4.78 is 9.48. The molecule has 6 heteroatoms. The van der Waals surface area contributed by atoms with Crippen LogP contribution >= 0.6 is 11.5 Å². The molecule has 2 heterocycles. The maximum atomic E-state index is 12.2. The van der Waals surface area contributed by atoms with Gasteiger partial charge in [-0.2, -0.15) is 4.37 Å². The van der Waals surface area contributed by atoms with E-state index in [0.29, 0.717) is 11.8 Å². The Bertz CT molecular complexity index is 516. The van der Waals surface area contributed by atoms with Gasteiger partial charge in [0.15, 0.2) is 0 Å². The molecule has 110 valence electrons. The first-order valence-electron chi connectivity index (χ1n) is 7.24. The molecule has 1 saturated heterocycles. The van der Waals surface area contributed by atoms with Crippen LogP contribution in [0.25, 0.3) is 0 Å². The number of rotatable bonds is 3. The number of methoxy groups -OCH3 is 1. The third-order valence-corrected chi connectivity index (χ3v) is 5.47. The van der Waals surface area contributed by atoms with Gasteiger partial charge in [-0.3, -0.25) is 4.79 Å². The van der Waals surface area contributed by atoms with E-state index in [1.165, 1.54) is 18.6 Å². The Labute approximate surface area is 123 Å². The van der Waals surface area contributed by atoms with Crippen LogP contribution in [-0.4, -0.2) is 35.5 Å². The topological polar surface area (TPSA) is 55.3 Å².